The number of carbonyl (C=O) groups excluding carboxylic acids is 1. The maximum atomic E-state index is 11.9. The van der Waals surface area contributed by atoms with Crippen molar-refractivity contribution in [1.29, 1.82) is 0 Å². The molecule has 2 N–H and O–H groups in total. The van der Waals surface area contributed by atoms with Crippen LogP contribution in [-0.4, -0.2) is 25.3 Å². The Morgan fingerprint density at radius 2 is 2.04 bits per heavy atom. The number of phenols is 1. The second-order valence-electron chi connectivity index (χ2n) is 6.70. The molecule has 0 spiro atoms. The van der Waals surface area contributed by atoms with Crippen molar-refractivity contribution in [2.75, 3.05) is 19.5 Å². The summed E-state index contributed by atoms with van der Waals surface area (Å²) >= 11 is 0. The first kappa shape index (κ1) is 16.5. The first-order chi connectivity index (χ1) is 12.6. The van der Waals surface area contributed by atoms with Crippen molar-refractivity contribution >= 4 is 11.7 Å². The van der Waals surface area contributed by atoms with Gasteiger partial charge in [-0.15, -0.1) is 0 Å². The van der Waals surface area contributed by atoms with Crippen LogP contribution in [0.3, 0.4) is 0 Å². The standard InChI is InChI=1S/C21H21NO4/c1-25-19-11-12(7-9-18(19)23)20-15-5-3-4-14(15)16-10-13(21(24)26-2)6-8-17(16)22-20/h3-4,6-11,14-15,20,22-23H,5H2,1-2H3. The maximum absolute atomic E-state index is 11.9. The van der Waals surface area contributed by atoms with Crippen LogP contribution < -0.4 is 10.1 Å². The van der Waals surface area contributed by atoms with Crippen molar-refractivity contribution in [1.82, 2.24) is 0 Å². The van der Waals surface area contributed by atoms with Crippen LogP contribution in [-0.2, 0) is 4.74 Å². The molecular formula is C21H21NO4. The van der Waals surface area contributed by atoms with E-state index in [1.165, 1.54) is 7.11 Å². The molecule has 3 atom stereocenters. The lowest BCUT2D eigenvalue weighted by Gasteiger charge is -2.37. The lowest BCUT2D eigenvalue weighted by Crippen LogP contribution is -2.29. The van der Waals surface area contributed by atoms with Crippen LogP contribution in [0.4, 0.5) is 5.69 Å². The summed E-state index contributed by atoms with van der Waals surface area (Å²) in [6.45, 7) is 0. The average Bonchev–Trinajstić information content (AvgIpc) is 3.17. The summed E-state index contributed by atoms with van der Waals surface area (Å²) in [6, 6.07) is 11.2. The monoisotopic (exact) mass is 351 g/mol. The zero-order valence-corrected chi connectivity index (χ0v) is 14.7. The van der Waals surface area contributed by atoms with Crippen molar-refractivity contribution in [2.45, 2.75) is 18.4 Å². The van der Waals surface area contributed by atoms with Crippen LogP contribution in [0.5, 0.6) is 11.5 Å². The van der Waals surface area contributed by atoms with E-state index < -0.39 is 0 Å². The smallest absolute Gasteiger partial charge is 0.337 e. The number of hydrogen-bond donors (Lipinski definition) is 2. The minimum Gasteiger partial charge on any atom is -0.504 e. The third-order valence-electron chi connectivity index (χ3n) is 5.35. The zero-order chi connectivity index (χ0) is 18.3. The summed E-state index contributed by atoms with van der Waals surface area (Å²) in [5, 5.41) is 13.5. The third kappa shape index (κ3) is 2.60. The number of fused-ring (bicyclic) bond motifs is 3. The molecule has 0 aromatic heterocycles. The molecule has 1 aliphatic heterocycles. The molecule has 5 heteroatoms. The van der Waals surface area contributed by atoms with Gasteiger partial charge in [0.2, 0.25) is 0 Å². The number of phenolic OH excluding ortho intramolecular Hbond substituents is 1. The number of carbonyl (C=O) groups is 1. The molecule has 2 aliphatic rings. The van der Waals surface area contributed by atoms with Gasteiger partial charge in [0.25, 0.3) is 0 Å². The van der Waals surface area contributed by atoms with Crippen molar-refractivity contribution < 1.29 is 19.4 Å². The summed E-state index contributed by atoms with van der Waals surface area (Å²) in [6.07, 6.45) is 5.37. The molecule has 26 heavy (non-hydrogen) atoms. The number of methoxy groups -OCH3 is 2. The molecular weight excluding hydrogens is 330 g/mol. The van der Waals surface area contributed by atoms with Crippen LogP contribution in [0.15, 0.2) is 48.6 Å². The minimum absolute atomic E-state index is 0.0981. The molecule has 1 aliphatic carbocycles. The van der Waals surface area contributed by atoms with Crippen LogP contribution in [0.1, 0.15) is 39.9 Å². The lowest BCUT2D eigenvalue weighted by atomic mass is 9.76. The second-order valence-corrected chi connectivity index (χ2v) is 6.70. The quantitative estimate of drug-likeness (QED) is 0.646. The third-order valence-corrected chi connectivity index (χ3v) is 5.35. The van der Waals surface area contributed by atoms with Gasteiger partial charge in [-0.25, -0.2) is 4.79 Å². The van der Waals surface area contributed by atoms with Gasteiger partial charge in [-0.3, -0.25) is 0 Å². The van der Waals surface area contributed by atoms with E-state index in [1.54, 1.807) is 19.2 Å². The number of rotatable bonds is 3. The van der Waals surface area contributed by atoms with E-state index in [4.69, 9.17) is 9.47 Å². The van der Waals surface area contributed by atoms with Crippen LogP contribution in [0, 0.1) is 5.92 Å². The van der Waals surface area contributed by atoms with E-state index >= 15 is 0 Å². The Morgan fingerprint density at radius 1 is 1.19 bits per heavy atom. The number of ether oxygens (including phenoxy) is 2. The molecule has 3 unspecified atom stereocenters. The Balaban J connectivity index is 1.74. The highest BCUT2D eigenvalue weighted by Crippen LogP contribution is 2.50. The molecule has 0 fully saturated rings. The van der Waals surface area contributed by atoms with Crippen LogP contribution in [0.2, 0.25) is 0 Å². The fourth-order valence-electron chi connectivity index (χ4n) is 4.06. The van der Waals surface area contributed by atoms with Gasteiger partial charge in [0.15, 0.2) is 11.5 Å². The SMILES string of the molecule is COC(=O)c1ccc2c(c1)C1C=CCC1C(c1ccc(O)c(OC)c1)N2. The highest BCUT2D eigenvalue weighted by atomic mass is 16.5. The van der Waals surface area contributed by atoms with Crippen molar-refractivity contribution in [3.63, 3.8) is 0 Å². The van der Waals surface area contributed by atoms with Gasteiger partial charge in [-0.05, 0) is 53.8 Å². The lowest BCUT2D eigenvalue weighted by molar-refractivity contribution is 0.0600. The number of nitrogens with one attached hydrogen (secondary N) is 1. The Labute approximate surface area is 152 Å². The van der Waals surface area contributed by atoms with Crippen LogP contribution in [0.25, 0.3) is 0 Å². The van der Waals surface area contributed by atoms with E-state index in [9.17, 15) is 9.90 Å². The predicted octanol–water partition coefficient (Wildman–Crippen LogP) is 4.01. The molecule has 0 bridgehead atoms. The Bertz CT molecular complexity index is 890. The summed E-state index contributed by atoms with van der Waals surface area (Å²) in [5.41, 5.74) is 3.77. The van der Waals surface area contributed by atoms with Crippen molar-refractivity contribution in [3.05, 3.63) is 65.2 Å². The number of allylic oxidation sites excluding steroid dienone is 2. The van der Waals surface area contributed by atoms with Gasteiger partial charge in [-0.1, -0.05) is 18.2 Å². The van der Waals surface area contributed by atoms with E-state index in [0.29, 0.717) is 17.2 Å². The number of hydrogen-bond acceptors (Lipinski definition) is 5. The van der Waals surface area contributed by atoms with E-state index in [-0.39, 0.29) is 23.7 Å². The predicted molar refractivity (Wildman–Crippen MR) is 98.8 cm³/mol. The topological polar surface area (TPSA) is 67.8 Å². The minimum atomic E-state index is -0.322. The molecule has 0 saturated heterocycles. The van der Waals surface area contributed by atoms with Gasteiger partial charge < -0.3 is 19.9 Å². The highest BCUT2D eigenvalue weighted by Gasteiger charge is 2.38. The molecule has 0 radical (unpaired) electrons. The number of anilines is 1. The number of aromatic hydroxyl groups is 1. The molecule has 0 amide bonds. The fourth-order valence-corrected chi connectivity index (χ4v) is 4.06. The molecule has 5 nitrogen and oxygen atoms in total. The number of benzene rings is 2. The summed E-state index contributed by atoms with van der Waals surface area (Å²) in [7, 11) is 2.95. The summed E-state index contributed by atoms with van der Waals surface area (Å²) < 4.78 is 10.1. The van der Waals surface area contributed by atoms with Gasteiger partial charge in [0.1, 0.15) is 0 Å². The second kappa shape index (κ2) is 6.41. The summed E-state index contributed by atoms with van der Waals surface area (Å²) in [5.74, 6) is 0.858. The van der Waals surface area contributed by atoms with Crippen molar-refractivity contribution in [2.24, 2.45) is 5.92 Å². The Hall–Kier alpha value is -2.95. The molecule has 2 aromatic rings. The maximum Gasteiger partial charge on any atom is 0.337 e. The van der Waals surface area contributed by atoms with E-state index in [1.807, 2.05) is 24.3 Å². The average molecular weight is 351 g/mol. The number of esters is 1. The zero-order valence-electron chi connectivity index (χ0n) is 14.7. The normalized spacial score (nSPS) is 22.9. The first-order valence-corrected chi connectivity index (χ1v) is 8.64. The Morgan fingerprint density at radius 3 is 2.81 bits per heavy atom. The van der Waals surface area contributed by atoms with Gasteiger partial charge in [-0.2, -0.15) is 0 Å². The fraction of sp³-hybridized carbons (Fsp3) is 0.286. The molecule has 134 valence electrons. The van der Waals surface area contributed by atoms with E-state index in [0.717, 1.165) is 23.2 Å². The largest absolute Gasteiger partial charge is 0.504 e. The Kier molecular flexibility index (Phi) is 4.07. The molecule has 1 heterocycles. The van der Waals surface area contributed by atoms with Crippen LogP contribution >= 0.6 is 0 Å². The first-order valence-electron chi connectivity index (χ1n) is 8.64. The van der Waals surface area contributed by atoms with Crippen molar-refractivity contribution in [3.8, 4) is 11.5 Å². The van der Waals surface area contributed by atoms with E-state index in [2.05, 4.69) is 17.5 Å². The molecule has 4 rings (SSSR count). The molecule has 0 saturated carbocycles. The van der Waals surface area contributed by atoms with Gasteiger partial charge >= 0.3 is 5.97 Å². The highest BCUT2D eigenvalue weighted by molar-refractivity contribution is 5.90. The summed E-state index contributed by atoms with van der Waals surface area (Å²) in [4.78, 5) is 11.9. The van der Waals surface area contributed by atoms with Gasteiger partial charge in [0.05, 0.1) is 25.8 Å². The van der Waals surface area contributed by atoms with Gasteiger partial charge in [0, 0.05) is 11.6 Å². The molecule has 2 aromatic carbocycles.